The standard InChI is InChI=1S/C18H21Cl2N3O4S/c1-2-3-8-27-15(24)10-14-17(26)21-6-7-23(14)18(28)22-16(25)12-5-4-11(19)9-13(12)20/h4-5,9,14H,2-3,6-8,10H2,1H3,(H,21,26)(H,22,25,28). The number of carbonyl (C=O) groups excluding carboxylic acids is 3. The zero-order valence-electron chi connectivity index (χ0n) is 15.3. The molecule has 28 heavy (non-hydrogen) atoms. The smallest absolute Gasteiger partial charge is 0.308 e. The van der Waals surface area contributed by atoms with E-state index in [9.17, 15) is 14.4 Å². The minimum Gasteiger partial charge on any atom is -0.466 e. The van der Waals surface area contributed by atoms with Crippen molar-refractivity contribution >= 4 is 58.3 Å². The molecule has 10 heteroatoms. The van der Waals surface area contributed by atoms with Crippen molar-refractivity contribution in [3.05, 3.63) is 33.8 Å². The summed E-state index contributed by atoms with van der Waals surface area (Å²) in [6.07, 6.45) is 1.49. The van der Waals surface area contributed by atoms with Gasteiger partial charge in [-0.15, -0.1) is 0 Å². The molecule has 0 radical (unpaired) electrons. The van der Waals surface area contributed by atoms with Gasteiger partial charge in [-0.1, -0.05) is 36.5 Å². The molecule has 0 bridgehead atoms. The lowest BCUT2D eigenvalue weighted by atomic mass is 10.1. The van der Waals surface area contributed by atoms with Crippen LogP contribution in [0.25, 0.3) is 0 Å². The van der Waals surface area contributed by atoms with Crippen LogP contribution in [0.3, 0.4) is 0 Å². The van der Waals surface area contributed by atoms with Crippen LogP contribution in [-0.4, -0.2) is 53.5 Å². The second kappa shape index (κ2) is 10.6. The summed E-state index contributed by atoms with van der Waals surface area (Å²) in [6, 6.07) is 3.62. The second-order valence-electron chi connectivity index (χ2n) is 6.16. The topological polar surface area (TPSA) is 87.7 Å². The van der Waals surface area contributed by atoms with Gasteiger partial charge >= 0.3 is 5.97 Å². The van der Waals surface area contributed by atoms with Crippen molar-refractivity contribution in [1.82, 2.24) is 15.5 Å². The molecular formula is C18H21Cl2N3O4S. The first-order chi connectivity index (χ1) is 13.3. The van der Waals surface area contributed by atoms with Gasteiger partial charge in [0.1, 0.15) is 6.04 Å². The van der Waals surface area contributed by atoms with Gasteiger partial charge in [-0.3, -0.25) is 19.7 Å². The molecular weight excluding hydrogens is 425 g/mol. The number of thiocarbonyl (C=S) groups is 1. The molecule has 2 amide bonds. The van der Waals surface area contributed by atoms with Gasteiger partial charge in [0.25, 0.3) is 5.91 Å². The lowest BCUT2D eigenvalue weighted by molar-refractivity contribution is -0.147. The average Bonchev–Trinajstić information content (AvgIpc) is 2.63. The molecule has 1 fully saturated rings. The highest BCUT2D eigenvalue weighted by molar-refractivity contribution is 7.80. The van der Waals surface area contributed by atoms with Gasteiger partial charge in [-0.05, 0) is 36.8 Å². The minimum atomic E-state index is -0.851. The fourth-order valence-corrected chi connectivity index (χ4v) is 3.42. The predicted octanol–water partition coefficient (Wildman–Crippen LogP) is 2.54. The van der Waals surface area contributed by atoms with Crippen LogP contribution in [0.1, 0.15) is 36.5 Å². The van der Waals surface area contributed by atoms with Crippen LogP contribution in [0.5, 0.6) is 0 Å². The molecule has 0 aliphatic carbocycles. The fourth-order valence-electron chi connectivity index (χ4n) is 2.62. The van der Waals surface area contributed by atoms with Crippen molar-refractivity contribution in [2.45, 2.75) is 32.2 Å². The summed E-state index contributed by atoms with van der Waals surface area (Å²) in [4.78, 5) is 38.3. The summed E-state index contributed by atoms with van der Waals surface area (Å²) in [5, 5.41) is 5.88. The lowest BCUT2D eigenvalue weighted by Gasteiger charge is -2.36. The Morgan fingerprint density at radius 3 is 2.82 bits per heavy atom. The Balaban J connectivity index is 2.04. The number of nitrogens with one attached hydrogen (secondary N) is 2. The largest absolute Gasteiger partial charge is 0.466 e. The molecule has 1 saturated heterocycles. The predicted molar refractivity (Wildman–Crippen MR) is 111 cm³/mol. The van der Waals surface area contributed by atoms with Crippen LogP contribution in [-0.2, 0) is 14.3 Å². The number of unbranched alkanes of at least 4 members (excludes halogenated alkanes) is 1. The summed E-state index contributed by atoms with van der Waals surface area (Å²) < 4.78 is 5.13. The number of nitrogens with zero attached hydrogens (tertiary/aromatic N) is 1. The second-order valence-corrected chi connectivity index (χ2v) is 7.39. The number of ether oxygens (including phenoxy) is 1. The fraction of sp³-hybridized carbons (Fsp3) is 0.444. The highest BCUT2D eigenvalue weighted by atomic mass is 35.5. The number of amides is 2. The molecule has 0 saturated carbocycles. The monoisotopic (exact) mass is 445 g/mol. The Bertz CT molecular complexity index is 775. The molecule has 0 aromatic heterocycles. The molecule has 152 valence electrons. The van der Waals surface area contributed by atoms with Crippen molar-refractivity contribution in [3.8, 4) is 0 Å². The van der Waals surface area contributed by atoms with E-state index in [1.165, 1.54) is 23.1 Å². The SMILES string of the molecule is CCCCOC(=O)CC1C(=O)NCCN1C(=S)NC(=O)c1ccc(Cl)cc1Cl. The molecule has 1 aromatic rings. The van der Waals surface area contributed by atoms with Gasteiger partial charge in [0.05, 0.1) is 23.6 Å². The zero-order chi connectivity index (χ0) is 20.7. The maximum absolute atomic E-state index is 12.5. The Kier molecular flexibility index (Phi) is 8.47. The molecule has 1 aliphatic heterocycles. The Morgan fingerprint density at radius 2 is 2.14 bits per heavy atom. The van der Waals surface area contributed by atoms with Gasteiger partial charge < -0.3 is 15.0 Å². The summed E-state index contributed by atoms with van der Waals surface area (Å²) in [7, 11) is 0. The highest BCUT2D eigenvalue weighted by Gasteiger charge is 2.34. The van der Waals surface area contributed by atoms with E-state index in [1.54, 1.807) is 0 Å². The van der Waals surface area contributed by atoms with Crippen molar-refractivity contribution in [2.24, 2.45) is 0 Å². The summed E-state index contributed by atoms with van der Waals surface area (Å²) in [5.41, 5.74) is 0.199. The first kappa shape index (κ1) is 22.4. The van der Waals surface area contributed by atoms with Crippen LogP contribution >= 0.6 is 35.4 Å². The molecule has 1 aromatic carbocycles. The molecule has 1 heterocycles. The first-order valence-electron chi connectivity index (χ1n) is 8.83. The molecule has 2 N–H and O–H groups in total. The number of benzene rings is 1. The third-order valence-electron chi connectivity index (χ3n) is 4.11. The molecule has 2 rings (SSSR count). The Hall–Kier alpha value is -1.90. The number of halogens is 2. The average molecular weight is 446 g/mol. The van der Waals surface area contributed by atoms with Gasteiger partial charge in [0, 0.05) is 18.1 Å². The molecule has 1 aliphatic rings. The highest BCUT2D eigenvalue weighted by Crippen LogP contribution is 2.21. The third kappa shape index (κ3) is 6.05. The van der Waals surface area contributed by atoms with Gasteiger partial charge in [0.2, 0.25) is 5.91 Å². The van der Waals surface area contributed by atoms with Gasteiger partial charge in [-0.25, -0.2) is 0 Å². The van der Waals surface area contributed by atoms with Crippen LogP contribution < -0.4 is 10.6 Å². The molecule has 0 spiro atoms. The van der Waals surface area contributed by atoms with Crippen molar-refractivity contribution in [2.75, 3.05) is 19.7 Å². The molecule has 1 unspecified atom stereocenters. The van der Waals surface area contributed by atoms with E-state index in [0.29, 0.717) is 24.7 Å². The van der Waals surface area contributed by atoms with E-state index in [-0.39, 0.29) is 28.0 Å². The third-order valence-corrected chi connectivity index (χ3v) is 4.99. The first-order valence-corrected chi connectivity index (χ1v) is 10.00. The molecule has 7 nitrogen and oxygen atoms in total. The van der Waals surface area contributed by atoms with E-state index in [0.717, 1.165) is 12.8 Å². The summed E-state index contributed by atoms with van der Waals surface area (Å²) in [5.74, 6) is -1.36. The van der Waals surface area contributed by atoms with E-state index >= 15 is 0 Å². The summed E-state index contributed by atoms with van der Waals surface area (Å²) in [6.45, 7) is 2.99. The van der Waals surface area contributed by atoms with E-state index in [4.69, 9.17) is 40.2 Å². The van der Waals surface area contributed by atoms with Crippen LogP contribution in [0.2, 0.25) is 10.0 Å². The van der Waals surface area contributed by atoms with Crippen LogP contribution in [0.4, 0.5) is 0 Å². The number of esters is 1. The number of rotatable bonds is 6. The van der Waals surface area contributed by atoms with E-state index in [1.807, 2.05) is 6.92 Å². The number of hydrogen-bond acceptors (Lipinski definition) is 5. The number of hydrogen-bond donors (Lipinski definition) is 2. The van der Waals surface area contributed by atoms with E-state index < -0.39 is 17.9 Å². The van der Waals surface area contributed by atoms with Crippen LogP contribution in [0, 0.1) is 0 Å². The van der Waals surface area contributed by atoms with Crippen molar-refractivity contribution in [3.63, 3.8) is 0 Å². The van der Waals surface area contributed by atoms with Crippen LogP contribution in [0.15, 0.2) is 18.2 Å². The number of carbonyl (C=O) groups is 3. The minimum absolute atomic E-state index is 0.0391. The normalized spacial score (nSPS) is 16.3. The lowest BCUT2D eigenvalue weighted by Crippen LogP contribution is -2.60. The van der Waals surface area contributed by atoms with Gasteiger partial charge in [0.15, 0.2) is 5.11 Å². The number of piperazine rings is 1. The van der Waals surface area contributed by atoms with Gasteiger partial charge in [-0.2, -0.15) is 0 Å². The van der Waals surface area contributed by atoms with E-state index in [2.05, 4.69) is 10.6 Å². The van der Waals surface area contributed by atoms with Crippen molar-refractivity contribution < 1.29 is 19.1 Å². The Labute approximate surface area is 178 Å². The Morgan fingerprint density at radius 1 is 1.39 bits per heavy atom. The summed E-state index contributed by atoms with van der Waals surface area (Å²) >= 11 is 17.2. The molecule has 1 atom stereocenters. The zero-order valence-corrected chi connectivity index (χ0v) is 17.6. The quantitative estimate of drug-likeness (QED) is 0.397. The van der Waals surface area contributed by atoms with Crippen molar-refractivity contribution in [1.29, 1.82) is 0 Å². The maximum atomic E-state index is 12.5. The maximum Gasteiger partial charge on any atom is 0.308 e.